The van der Waals surface area contributed by atoms with Crippen LogP contribution in [0.5, 0.6) is 5.75 Å². The van der Waals surface area contributed by atoms with Crippen molar-refractivity contribution in [2.24, 2.45) is 5.10 Å². The van der Waals surface area contributed by atoms with Crippen LogP contribution in [-0.2, 0) is 13.0 Å². The van der Waals surface area contributed by atoms with Crippen LogP contribution in [0.4, 0.5) is 5.69 Å². The van der Waals surface area contributed by atoms with Crippen LogP contribution in [0.2, 0.25) is 0 Å². The quantitative estimate of drug-likeness (QED) is 0.135. The molecule has 0 atom stereocenters. The second kappa shape index (κ2) is 10.9. The van der Waals surface area contributed by atoms with Crippen molar-refractivity contribution in [2.45, 2.75) is 26.4 Å². The fourth-order valence-corrected chi connectivity index (χ4v) is 4.07. The van der Waals surface area contributed by atoms with E-state index in [0.29, 0.717) is 34.5 Å². The van der Waals surface area contributed by atoms with Gasteiger partial charge in [0.25, 0.3) is 11.2 Å². The number of rotatable bonds is 8. The molecule has 0 saturated heterocycles. The monoisotopic (exact) mass is 598 g/mol. The topological polar surface area (TPSA) is 99.6 Å². The van der Waals surface area contributed by atoms with Crippen molar-refractivity contribution in [3.05, 3.63) is 107 Å². The molecule has 0 bridgehead atoms. The highest BCUT2D eigenvalue weighted by Crippen LogP contribution is 2.24. The van der Waals surface area contributed by atoms with Gasteiger partial charge in [0.2, 0.25) is 0 Å². The molecule has 0 fully saturated rings. The molecule has 0 amide bonds. The molecule has 0 radical (unpaired) electrons. The van der Waals surface area contributed by atoms with Gasteiger partial charge in [-0.15, -0.1) is 0 Å². The van der Waals surface area contributed by atoms with Crippen LogP contribution in [0.3, 0.4) is 0 Å². The Kier molecular flexibility index (Phi) is 7.72. The van der Waals surface area contributed by atoms with Crippen molar-refractivity contribution in [1.82, 2.24) is 9.66 Å². The van der Waals surface area contributed by atoms with Gasteiger partial charge in [-0.2, -0.15) is 9.78 Å². The van der Waals surface area contributed by atoms with Gasteiger partial charge in [-0.3, -0.25) is 14.9 Å². The van der Waals surface area contributed by atoms with E-state index in [0.717, 1.165) is 20.9 Å². The second-order valence-electron chi connectivity index (χ2n) is 7.70. The smallest absolute Gasteiger partial charge is 0.282 e. The van der Waals surface area contributed by atoms with Gasteiger partial charge in [0.05, 0.1) is 22.0 Å². The van der Waals surface area contributed by atoms with E-state index in [1.807, 2.05) is 37.3 Å². The van der Waals surface area contributed by atoms with E-state index in [2.05, 4.69) is 41.9 Å². The largest absolute Gasteiger partial charge is 0.488 e. The number of nitro groups is 1. The molecule has 0 unspecified atom stereocenters. The molecule has 0 saturated carbocycles. The summed E-state index contributed by atoms with van der Waals surface area (Å²) < 4.78 is 8.89. The van der Waals surface area contributed by atoms with Crippen LogP contribution in [-0.4, -0.2) is 20.8 Å². The minimum absolute atomic E-state index is 0.107. The Morgan fingerprint density at radius 1 is 1.09 bits per heavy atom. The maximum absolute atomic E-state index is 13.2. The zero-order valence-electron chi connectivity index (χ0n) is 18.6. The molecule has 0 aliphatic rings. The molecule has 1 heterocycles. The number of hydrogen-bond donors (Lipinski definition) is 0. The van der Waals surface area contributed by atoms with Gasteiger partial charge < -0.3 is 4.74 Å². The van der Waals surface area contributed by atoms with E-state index in [1.165, 1.54) is 29.1 Å². The molecule has 8 nitrogen and oxygen atoms in total. The lowest BCUT2D eigenvalue weighted by atomic mass is 10.2. The predicted molar refractivity (Wildman–Crippen MR) is 142 cm³/mol. The molecule has 0 N–H and O–H groups in total. The average Bonchev–Trinajstić information content (AvgIpc) is 2.84. The van der Waals surface area contributed by atoms with E-state index in [9.17, 15) is 14.9 Å². The van der Waals surface area contributed by atoms with Crippen molar-refractivity contribution in [3.63, 3.8) is 0 Å². The molecular formula is C25H20Br2N4O4. The van der Waals surface area contributed by atoms with Crippen LogP contribution < -0.4 is 10.3 Å². The maximum Gasteiger partial charge on any atom is 0.282 e. The first-order chi connectivity index (χ1) is 16.9. The lowest BCUT2D eigenvalue weighted by Crippen LogP contribution is -2.22. The molecule has 0 aliphatic heterocycles. The summed E-state index contributed by atoms with van der Waals surface area (Å²) in [4.78, 5) is 28.7. The third-order valence-electron chi connectivity index (χ3n) is 5.17. The van der Waals surface area contributed by atoms with Crippen LogP contribution in [0.25, 0.3) is 10.9 Å². The zero-order chi connectivity index (χ0) is 24.9. The number of non-ortho nitro benzene ring substituents is 1. The summed E-state index contributed by atoms with van der Waals surface area (Å²) in [7, 11) is 0. The molecular weight excluding hydrogens is 580 g/mol. The highest BCUT2D eigenvalue weighted by atomic mass is 79.9. The molecule has 1 aromatic heterocycles. The first-order valence-corrected chi connectivity index (χ1v) is 12.4. The Bertz CT molecular complexity index is 1480. The summed E-state index contributed by atoms with van der Waals surface area (Å²) in [6.07, 6.45) is 2.71. The average molecular weight is 600 g/mol. The van der Waals surface area contributed by atoms with Gasteiger partial charge in [-0.1, -0.05) is 50.9 Å². The molecule has 0 spiro atoms. The molecule has 0 aliphatic carbocycles. The number of nitrogens with zero attached hydrogens (tertiary/aromatic N) is 4. The maximum atomic E-state index is 13.2. The highest BCUT2D eigenvalue weighted by Gasteiger charge is 2.13. The molecule has 10 heteroatoms. The van der Waals surface area contributed by atoms with E-state index in [4.69, 9.17) is 4.74 Å². The van der Waals surface area contributed by atoms with Gasteiger partial charge >= 0.3 is 0 Å². The molecule has 3 aromatic carbocycles. The molecule has 35 heavy (non-hydrogen) atoms. The van der Waals surface area contributed by atoms with Crippen molar-refractivity contribution < 1.29 is 9.66 Å². The van der Waals surface area contributed by atoms with Gasteiger partial charge in [-0.05, 0) is 48.4 Å². The van der Waals surface area contributed by atoms with Gasteiger partial charge in [0.1, 0.15) is 18.2 Å². The van der Waals surface area contributed by atoms with Crippen LogP contribution in [0, 0.1) is 10.1 Å². The normalized spacial score (nSPS) is 11.3. The fraction of sp³-hybridized carbons (Fsp3) is 0.160. The van der Waals surface area contributed by atoms with Crippen LogP contribution >= 0.6 is 31.9 Å². The zero-order valence-corrected chi connectivity index (χ0v) is 21.8. The van der Waals surface area contributed by atoms with E-state index >= 15 is 0 Å². The minimum atomic E-state index is -0.486. The number of aromatic nitrogens is 2. The highest BCUT2D eigenvalue weighted by molar-refractivity contribution is 9.10. The first kappa shape index (κ1) is 24.7. The summed E-state index contributed by atoms with van der Waals surface area (Å²) in [6.45, 7) is 2.25. The summed E-state index contributed by atoms with van der Waals surface area (Å²) in [6, 6.07) is 17.2. The van der Waals surface area contributed by atoms with Crippen molar-refractivity contribution in [2.75, 3.05) is 0 Å². The number of halogens is 2. The van der Waals surface area contributed by atoms with E-state index in [1.54, 1.807) is 12.1 Å². The number of fused-ring (bicyclic) bond motifs is 1. The van der Waals surface area contributed by atoms with E-state index < -0.39 is 4.92 Å². The lowest BCUT2D eigenvalue weighted by molar-refractivity contribution is -0.384. The summed E-state index contributed by atoms with van der Waals surface area (Å²) in [5.41, 5.74) is 1.46. The molecule has 4 aromatic rings. The van der Waals surface area contributed by atoms with Gasteiger partial charge in [-0.25, -0.2) is 4.98 Å². The number of benzene rings is 3. The third-order valence-corrected chi connectivity index (χ3v) is 6.19. The van der Waals surface area contributed by atoms with Crippen LogP contribution in [0.1, 0.15) is 30.3 Å². The second-order valence-corrected chi connectivity index (χ2v) is 9.53. The standard InChI is InChI=1S/C25H20Br2N4O4/c1-2-3-24-29-22-10-8-19(27)13-21(22)25(32)30(24)28-14-17-12-20(31(33)34)9-11-23(17)35-15-16-4-6-18(26)7-5-16/h4-14H,2-3,15H2,1H3. The molecule has 178 valence electrons. The minimum Gasteiger partial charge on any atom is -0.488 e. The Hall–Kier alpha value is -3.37. The van der Waals surface area contributed by atoms with Crippen LogP contribution in [0.15, 0.2) is 79.5 Å². The molecule has 4 rings (SSSR count). The Morgan fingerprint density at radius 3 is 2.54 bits per heavy atom. The lowest BCUT2D eigenvalue weighted by Gasteiger charge is -2.11. The SMILES string of the molecule is CCCc1nc2ccc(Br)cc2c(=O)n1N=Cc1cc([N+](=O)[O-])ccc1OCc1ccc(Br)cc1. The Morgan fingerprint density at radius 2 is 1.83 bits per heavy atom. The summed E-state index contributed by atoms with van der Waals surface area (Å²) in [5, 5.41) is 16.2. The van der Waals surface area contributed by atoms with Crippen molar-refractivity contribution >= 4 is 54.7 Å². The fourth-order valence-electron chi connectivity index (χ4n) is 3.44. The van der Waals surface area contributed by atoms with Crippen molar-refractivity contribution in [3.8, 4) is 5.75 Å². The van der Waals surface area contributed by atoms with Crippen molar-refractivity contribution in [1.29, 1.82) is 0 Å². The van der Waals surface area contributed by atoms with Gasteiger partial charge in [0, 0.05) is 33.1 Å². The number of nitro benzene ring substituents is 1. The first-order valence-electron chi connectivity index (χ1n) is 10.8. The summed E-state index contributed by atoms with van der Waals surface area (Å²) >= 11 is 6.79. The number of ether oxygens (including phenoxy) is 1. The summed E-state index contributed by atoms with van der Waals surface area (Å²) in [5.74, 6) is 0.912. The Labute approximate surface area is 217 Å². The Balaban J connectivity index is 1.75. The van der Waals surface area contributed by atoms with E-state index in [-0.39, 0.29) is 17.9 Å². The number of aryl methyl sites for hydroxylation is 1. The number of hydrogen-bond acceptors (Lipinski definition) is 6. The van der Waals surface area contributed by atoms with Gasteiger partial charge in [0.15, 0.2) is 0 Å². The predicted octanol–water partition coefficient (Wildman–Crippen LogP) is 6.24. The third kappa shape index (κ3) is 5.83.